The van der Waals surface area contributed by atoms with E-state index >= 15 is 0 Å². The van der Waals surface area contributed by atoms with Gasteiger partial charge in [-0.2, -0.15) is 4.99 Å². The fraction of sp³-hybridized carbons (Fsp3) is 0.182. The first kappa shape index (κ1) is 17.7. The van der Waals surface area contributed by atoms with Gasteiger partial charge in [0.2, 0.25) is 0 Å². The maximum absolute atomic E-state index is 12.3. The van der Waals surface area contributed by atoms with Crippen LogP contribution in [0.25, 0.3) is 0 Å². The number of pyridine rings is 1. The second-order valence-corrected chi connectivity index (χ2v) is 6.24. The summed E-state index contributed by atoms with van der Waals surface area (Å²) in [6.07, 6.45) is 1.92. The Kier molecular flexibility index (Phi) is 5.64. The molecule has 0 bridgehead atoms. The molecule has 0 aliphatic carbocycles. The Balaban J connectivity index is 1.74. The third kappa shape index (κ3) is 4.70. The highest BCUT2D eigenvalue weighted by Crippen LogP contribution is 2.18. The Hall–Kier alpha value is -3.14. The normalized spacial score (nSPS) is 11.4. The van der Waals surface area contributed by atoms with Gasteiger partial charge in [-0.1, -0.05) is 54.1 Å². The van der Waals surface area contributed by atoms with Crippen LogP contribution in [0.1, 0.15) is 16.7 Å². The van der Waals surface area contributed by atoms with E-state index in [1.165, 1.54) is 0 Å². The van der Waals surface area contributed by atoms with Crippen LogP contribution in [0.4, 0.5) is 0 Å². The van der Waals surface area contributed by atoms with E-state index in [-0.39, 0.29) is 12.5 Å². The predicted octanol–water partition coefficient (Wildman–Crippen LogP) is 3.66. The van der Waals surface area contributed by atoms with Crippen LogP contribution in [0, 0.1) is 13.8 Å². The number of hydrogen-bond acceptors (Lipinski definition) is 2. The average Bonchev–Trinajstić information content (AvgIpc) is 2.63. The van der Waals surface area contributed by atoms with E-state index in [1.807, 2.05) is 79.2 Å². The van der Waals surface area contributed by atoms with E-state index in [4.69, 9.17) is 4.74 Å². The van der Waals surface area contributed by atoms with Crippen molar-refractivity contribution in [3.8, 4) is 5.75 Å². The molecule has 2 aromatic carbocycles. The smallest absolute Gasteiger partial charge is 0.285 e. The van der Waals surface area contributed by atoms with E-state index in [0.717, 1.165) is 16.7 Å². The standard InChI is InChI=1S/C22H22N2O2/c1-17-11-12-20(18(2)14-17)26-16-22(25)23-21-10-6-7-13-24(21)15-19-8-4-3-5-9-19/h3-14H,15-16H2,1-2H3. The molecule has 4 nitrogen and oxygen atoms in total. The topological polar surface area (TPSA) is 43.6 Å². The minimum absolute atomic E-state index is 0.0792. The summed E-state index contributed by atoms with van der Waals surface area (Å²) in [5, 5.41) is 0. The van der Waals surface area contributed by atoms with Gasteiger partial charge < -0.3 is 9.30 Å². The third-order valence-corrected chi connectivity index (χ3v) is 4.03. The molecule has 0 aliphatic rings. The molecule has 0 atom stereocenters. The van der Waals surface area contributed by atoms with Crippen molar-refractivity contribution < 1.29 is 9.53 Å². The Labute approximate surface area is 153 Å². The van der Waals surface area contributed by atoms with Crippen LogP contribution in [0.15, 0.2) is 77.9 Å². The molecule has 1 aromatic heterocycles. The van der Waals surface area contributed by atoms with Crippen LogP contribution >= 0.6 is 0 Å². The van der Waals surface area contributed by atoms with Crippen LogP contribution in [-0.4, -0.2) is 17.1 Å². The quantitative estimate of drug-likeness (QED) is 0.708. The zero-order valence-electron chi connectivity index (χ0n) is 15.1. The Morgan fingerprint density at radius 3 is 2.54 bits per heavy atom. The van der Waals surface area contributed by atoms with Crippen molar-refractivity contribution in [3.63, 3.8) is 0 Å². The number of carbonyl (C=O) groups excluding carboxylic acids is 1. The summed E-state index contributed by atoms with van der Waals surface area (Å²) in [6.45, 7) is 4.57. The van der Waals surface area contributed by atoms with Gasteiger partial charge in [-0.05, 0) is 43.2 Å². The summed E-state index contributed by atoms with van der Waals surface area (Å²) in [4.78, 5) is 16.5. The van der Waals surface area contributed by atoms with E-state index in [1.54, 1.807) is 0 Å². The number of hydrogen-bond donors (Lipinski definition) is 0. The number of aromatic nitrogens is 1. The van der Waals surface area contributed by atoms with Crippen molar-refractivity contribution >= 4 is 5.91 Å². The van der Waals surface area contributed by atoms with Gasteiger partial charge in [0.15, 0.2) is 6.61 Å². The van der Waals surface area contributed by atoms with Gasteiger partial charge in [0, 0.05) is 12.7 Å². The fourth-order valence-corrected chi connectivity index (χ4v) is 2.74. The molecule has 1 heterocycles. The fourth-order valence-electron chi connectivity index (χ4n) is 2.74. The molecule has 0 spiro atoms. The minimum atomic E-state index is -0.307. The molecule has 132 valence electrons. The van der Waals surface area contributed by atoms with E-state index < -0.39 is 0 Å². The molecule has 0 radical (unpaired) electrons. The Morgan fingerprint density at radius 1 is 1.00 bits per heavy atom. The molecule has 3 aromatic rings. The molecule has 0 N–H and O–H groups in total. The lowest BCUT2D eigenvalue weighted by atomic mass is 10.1. The van der Waals surface area contributed by atoms with E-state index in [9.17, 15) is 4.79 Å². The summed E-state index contributed by atoms with van der Waals surface area (Å²) >= 11 is 0. The molecule has 0 saturated heterocycles. The molecular weight excluding hydrogens is 324 g/mol. The highest BCUT2D eigenvalue weighted by atomic mass is 16.5. The lowest BCUT2D eigenvalue weighted by Gasteiger charge is -2.09. The van der Waals surface area contributed by atoms with Crippen molar-refractivity contribution in [2.24, 2.45) is 4.99 Å². The molecule has 4 heteroatoms. The summed E-state index contributed by atoms with van der Waals surface area (Å²) in [7, 11) is 0. The molecule has 3 rings (SSSR count). The zero-order valence-corrected chi connectivity index (χ0v) is 15.1. The van der Waals surface area contributed by atoms with Gasteiger partial charge in [0.05, 0.1) is 0 Å². The molecule has 0 saturated carbocycles. The summed E-state index contributed by atoms with van der Waals surface area (Å²) < 4.78 is 7.58. The summed E-state index contributed by atoms with van der Waals surface area (Å²) in [5.74, 6) is 0.405. The highest BCUT2D eigenvalue weighted by molar-refractivity contribution is 5.78. The lowest BCUT2D eigenvalue weighted by Crippen LogP contribution is -2.23. The van der Waals surface area contributed by atoms with Gasteiger partial charge >= 0.3 is 0 Å². The zero-order chi connectivity index (χ0) is 18.4. The van der Waals surface area contributed by atoms with Gasteiger partial charge in [-0.3, -0.25) is 4.79 Å². The van der Waals surface area contributed by atoms with Gasteiger partial charge in [0.1, 0.15) is 11.2 Å². The lowest BCUT2D eigenvalue weighted by molar-refractivity contribution is -0.120. The molecule has 0 unspecified atom stereocenters. The average molecular weight is 346 g/mol. The van der Waals surface area contributed by atoms with Gasteiger partial charge in [-0.15, -0.1) is 0 Å². The molecular formula is C22H22N2O2. The number of aryl methyl sites for hydroxylation is 2. The van der Waals surface area contributed by atoms with Crippen LogP contribution in [0.3, 0.4) is 0 Å². The number of benzene rings is 2. The number of ether oxygens (including phenoxy) is 1. The van der Waals surface area contributed by atoms with Crippen molar-refractivity contribution in [2.75, 3.05) is 6.61 Å². The number of amides is 1. The second kappa shape index (κ2) is 8.30. The van der Waals surface area contributed by atoms with Crippen LogP contribution in [-0.2, 0) is 11.3 Å². The number of nitrogens with zero attached hydrogens (tertiary/aromatic N) is 2. The third-order valence-electron chi connectivity index (χ3n) is 4.03. The second-order valence-electron chi connectivity index (χ2n) is 6.24. The van der Waals surface area contributed by atoms with Gasteiger partial charge in [-0.25, -0.2) is 0 Å². The van der Waals surface area contributed by atoms with Crippen molar-refractivity contribution in [1.82, 2.24) is 4.57 Å². The predicted molar refractivity (Wildman–Crippen MR) is 102 cm³/mol. The van der Waals surface area contributed by atoms with Gasteiger partial charge in [0.25, 0.3) is 5.91 Å². The number of rotatable bonds is 5. The van der Waals surface area contributed by atoms with Crippen molar-refractivity contribution in [3.05, 3.63) is 95.1 Å². The highest BCUT2D eigenvalue weighted by Gasteiger charge is 2.05. The van der Waals surface area contributed by atoms with E-state index in [2.05, 4.69) is 17.1 Å². The first-order valence-electron chi connectivity index (χ1n) is 8.59. The SMILES string of the molecule is Cc1ccc(OCC(=O)N=c2ccccn2Cc2ccccc2)c(C)c1. The Morgan fingerprint density at radius 2 is 1.77 bits per heavy atom. The molecule has 0 fully saturated rings. The van der Waals surface area contributed by atoms with Crippen LogP contribution < -0.4 is 10.2 Å². The number of carbonyl (C=O) groups is 1. The maximum atomic E-state index is 12.3. The van der Waals surface area contributed by atoms with Crippen LogP contribution in [0.2, 0.25) is 0 Å². The summed E-state index contributed by atoms with van der Waals surface area (Å²) in [6, 6.07) is 21.6. The van der Waals surface area contributed by atoms with Crippen LogP contribution in [0.5, 0.6) is 5.75 Å². The molecule has 0 aliphatic heterocycles. The van der Waals surface area contributed by atoms with E-state index in [0.29, 0.717) is 17.8 Å². The van der Waals surface area contributed by atoms with Crippen molar-refractivity contribution in [1.29, 1.82) is 0 Å². The monoisotopic (exact) mass is 346 g/mol. The molecule has 26 heavy (non-hydrogen) atoms. The largest absolute Gasteiger partial charge is 0.483 e. The Bertz CT molecular complexity index is 959. The minimum Gasteiger partial charge on any atom is -0.483 e. The summed E-state index contributed by atoms with van der Waals surface area (Å²) in [5.41, 5.74) is 3.94. The maximum Gasteiger partial charge on any atom is 0.285 e. The first-order valence-corrected chi connectivity index (χ1v) is 8.59. The first-order chi connectivity index (χ1) is 12.6. The molecule has 1 amide bonds. The van der Waals surface area contributed by atoms with Crippen molar-refractivity contribution in [2.45, 2.75) is 20.4 Å².